The molecule has 2 fully saturated rings. The third kappa shape index (κ3) is 4.58. The number of guanidine groups is 1. The van der Waals surface area contributed by atoms with Gasteiger partial charge in [0.05, 0.1) is 19.8 Å². The minimum Gasteiger partial charge on any atom is -0.379 e. The van der Waals surface area contributed by atoms with E-state index in [1.54, 1.807) is 0 Å². The Morgan fingerprint density at radius 1 is 1.05 bits per heavy atom. The Morgan fingerprint density at radius 3 is 2.24 bits per heavy atom. The van der Waals surface area contributed by atoms with Gasteiger partial charge in [-0.2, -0.15) is 0 Å². The molecule has 0 atom stereocenters. The standard InChI is InChI=1S/C16H32N4O/c1-3-17-15(18-4-2)19-14-16(8-6-5-7-9-16)20-10-12-21-13-11-20/h3-14H2,1-2H3,(H2,17,18,19). The van der Waals surface area contributed by atoms with Gasteiger partial charge in [-0.05, 0) is 26.7 Å². The summed E-state index contributed by atoms with van der Waals surface area (Å²) in [4.78, 5) is 7.53. The van der Waals surface area contributed by atoms with E-state index < -0.39 is 0 Å². The average molecular weight is 296 g/mol. The molecule has 0 bridgehead atoms. The Kier molecular flexibility index (Phi) is 6.77. The van der Waals surface area contributed by atoms with Crippen LogP contribution in [0.5, 0.6) is 0 Å². The summed E-state index contributed by atoms with van der Waals surface area (Å²) in [5.41, 5.74) is 0.262. The average Bonchev–Trinajstić information content (AvgIpc) is 2.55. The van der Waals surface area contributed by atoms with Crippen molar-refractivity contribution in [2.24, 2.45) is 4.99 Å². The minimum atomic E-state index is 0.262. The smallest absolute Gasteiger partial charge is 0.191 e. The van der Waals surface area contributed by atoms with Gasteiger partial charge in [0.2, 0.25) is 0 Å². The van der Waals surface area contributed by atoms with Gasteiger partial charge in [-0.15, -0.1) is 0 Å². The molecule has 5 heteroatoms. The van der Waals surface area contributed by atoms with E-state index in [0.717, 1.165) is 51.9 Å². The molecular weight excluding hydrogens is 264 g/mol. The molecule has 5 nitrogen and oxygen atoms in total. The van der Waals surface area contributed by atoms with E-state index in [9.17, 15) is 0 Å². The molecule has 0 aromatic rings. The highest BCUT2D eigenvalue weighted by Crippen LogP contribution is 2.34. The number of nitrogens with one attached hydrogen (secondary N) is 2. The van der Waals surface area contributed by atoms with Crippen LogP contribution < -0.4 is 10.6 Å². The second-order valence-corrected chi connectivity index (χ2v) is 6.11. The van der Waals surface area contributed by atoms with Gasteiger partial charge in [0, 0.05) is 31.7 Å². The predicted molar refractivity (Wildman–Crippen MR) is 87.9 cm³/mol. The maximum Gasteiger partial charge on any atom is 0.191 e. The van der Waals surface area contributed by atoms with Crippen LogP contribution in [0.1, 0.15) is 46.0 Å². The zero-order chi connectivity index (χ0) is 15.0. The molecule has 0 spiro atoms. The first-order valence-corrected chi connectivity index (χ1v) is 8.66. The first kappa shape index (κ1) is 16.6. The van der Waals surface area contributed by atoms with Crippen molar-refractivity contribution >= 4 is 5.96 Å². The molecule has 1 saturated carbocycles. The molecule has 0 aromatic carbocycles. The number of hydrogen-bond acceptors (Lipinski definition) is 3. The van der Waals surface area contributed by atoms with Crippen LogP contribution in [-0.4, -0.2) is 62.3 Å². The van der Waals surface area contributed by atoms with E-state index in [4.69, 9.17) is 9.73 Å². The molecule has 0 radical (unpaired) electrons. The van der Waals surface area contributed by atoms with Gasteiger partial charge < -0.3 is 15.4 Å². The summed E-state index contributed by atoms with van der Waals surface area (Å²) >= 11 is 0. The largest absolute Gasteiger partial charge is 0.379 e. The molecule has 21 heavy (non-hydrogen) atoms. The zero-order valence-electron chi connectivity index (χ0n) is 13.8. The lowest BCUT2D eigenvalue weighted by Gasteiger charge is -2.47. The van der Waals surface area contributed by atoms with E-state index in [1.165, 1.54) is 32.1 Å². The minimum absolute atomic E-state index is 0.262. The summed E-state index contributed by atoms with van der Waals surface area (Å²) in [7, 11) is 0. The first-order valence-electron chi connectivity index (χ1n) is 8.66. The van der Waals surface area contributed by atoms with Crippen molar-refractivity contribution < 1.29 is 4.74 Å². The number of ether oxygens (including phenoxy) is 1. The summed E-state index contributed by atoms with van der Waals surface area (Å²) in [6.07, 6.45) is 6.61. The fourth-order valence-corrected chi connectivity index (χ4v) is 3.56. The SMILES string of the molecule is CCNC(=NCC1(N2CCOCC2)CCCCC1)NCC. The number of hydrogen-bond donors (Lipinski definition) is 2. The second-order valence-electron chi connectivity index (χ2n) is 6.11. The van der Waals surface area contributed by atoms with Gasteiger partial charge in [0.1, 0.15) is 0 Å². The van der Waals surface area contributed by atoms with Gasteiger partial charge in [-0.1, -0.05) is 19.3 Å². The van der Waals surface area contributed by atoms with Crippen LogP contribution in [0.25, 0.3) is 0 Å². The van der Waals surface area contributed by atoms with Crippen LogP contribution in [0.4, 0.5) is 0 Å². The summed E-state index contributed by atoms with van der Waals surface area (Å²) in [5.74, 6) is 0.957. The molecule has 0 amide bonds. The third-order valence-electron chi connectivity index (χ3n) is 4.69. The van der Waals surface area contributed by atoms with Gasteiger partial charge in [0.15, 0.2) is 5.96 Å². The van der Waals surface area contributed by atoms with E-state index in [0.29, 0.717) is 0 Å². The third-order valence-corrected chi connectivity index (χ3v) is 4.69. The van der Waals surface area contributed by atoms with Crippen LogP contribution >= 0.6 is 0 Å². The van der Waals surface area contributed by atoms with Crippen LogP contribution in [0.15, 0.2) is 4.99 Å². The predicted octanol–water partition coefficient (Wildman–Crippen LogP) is 1.60. The second kappa shape index (κ2) is 8.59. The molecule has 2 N–H and O–H groups in total. The van der Waals surface area contributed by atoms with Crippen molar-refractivity contribution in [1.29, 1.82) is 0 Å². The Hall–Kier alpha value is -0.810. The summed E-state index contributed by atoms with van der Waals surface area (Å²) in [6.45, 7) is 10.8. The van der Waals surface area contributed by atoms with Crippen molar-refractivity contribution in [3.8, 4) is 0 Å². The van der Waals surface area contributed by atoms with E-state index in [1.807, 2.05) is 0 Å². The Labute approximate surface area is 129 Å². The molecule has 1 aliphatic heterocycles. The van der Waals surface area contributed by atoms with Crippen molar-refractivity contribution in [2.45, 2.75) is 51.5 Å². The van der Waals surface area contributed by atoms with Crippen molar-refractivity contribution in [2.75, 3.05) is 45.9 Å². The van der Waals surface area contributed by atoms with Gasteiger partial charge >= 0.3 is 0 Å². The number of morpholine rings is 1. The van der Waals surface area contributed by atoms with Crippen LogP contribution in [-0.2, 0) is 4.74 Å². The highest BCUT2D eigenvalue weighted by Gasteiger charge is 2.38. The summed E-state index contributed by atoms with van der Waals surface area (Å²) < 4.78 is 5.54. The van der Waals surface area contributed by atoms with Crippen molar-refractivity contribution in [3.05, 3.63) is 0 Å². The van der Waals surface area contributed by atoms with E-state index >= 15 is 0 Å². The fraction of sp³-hybridized carbons (Fsp3) is 0.938. The molecule has 1 heterocycles. The summed E-state index contributed by atoms with van der Waals surface area (Å²) in [5, 5.41) is 6.68. The van der Waals surface area contributed by atoms with Gasteiger partial charge in [0.25, 0.3) is 0 Å². The highest BCUT2D eigenvalue weighted by atomic mass is 16.5. The normalized spacial score (nSPS) is 22.6. The summed E-state index contributed by atoms with van der Waals surface area (Å²) in [6, 6.07) is 0. The number of nitrogens with zero attached hydrogens (tertiary/aromatic N) is 2. The van der Waals surface area contributed by atoms with Gasteiger partial charge in [-0.3, -0.25) is 9.89 Å². The quantitative estimate of drug-likeness (QED) is 0.597. The van der Waals surface area contributed by atoms with Crippen LogP contribution in [0, 0.1) is 0 Å². The maximum atomic E-state index is 5.54. The molecule has 2 aliphatic rings. The molecular formula is C16H32N4O. The molecule has 1 aliphatic carbocycles. The van der Waals surface area contributed by atoms with Crippen LogP contribution in [0.3, 0.4) is 0 Å². The first-order chi connectivity index (χ1) is 10.3. The Balaban J connectivity index is 2.05. The maximum absolute atomic E-state index is 5.54. The Bertz CT molecular complexity index is 312. The molecule has 0 aromatic heterocycles. The lowest BCUT2D eigenvalue weighted by Crippen LogP contribution is -2.56. The molecule has 1 saturated heterocycles. The van der Waals surface area contributed by atoms with Crippen molar-refractivity contribution in [3.63, 3.8) is 0 Å². The fourth-order valence-electron chi connectivity index (χ4n) is 3.56. The van der Waals surface area contributed by atoms with Gasteiger partial charge in [-0.25, -0.2) is 0 Å². The molecule has 122 valence electrons. The monoisotopic (exact) mass is 296 g/mol. The number of rotatable bonds is 5. The van der Waals surface area contributed by atoms with Crippen molar-refractivity contribution in [1.82, 2.24) is 15.5 Å². The Morgan fingerprint density at radius 2 is 1.67 bits per heavy atom. The van der Waals surface area contributed by atoms with E-state index in [-0.39, 0.29) is 5.54 Å². The molecule has 0 unspecified atom stereocenters. The zero-order valence-corrected chi connectivity index (χ0v) is 13.8. The lowest BCUT2D eigenvalue weighted by molar-refractivity contribution is -0.0333. The lowest BCUT2D eigenvalue weighted by atomic mass is 9.80. The van der Waals surface area contributed by atoms with E-state index in [2.05, 4.69) is 29.4 Å². The topological polar surface area (TPSA) is 48.9 Å². The highest BCUT2D eigenvalue weighted by molar-refractivity contribution is 5.79. The number of aliphatic imine (C=N–C) groups is 1. The molecule has 2 rings (SSSR count). The van der Waals surface area contributed by atoms with Crippen LogP contribution in [0.2, 0.25) is 0 Å².